The summed E-state index contributed by atoms with van der Waals surface area (Å²) in [6.07, 6.45) is -4.85. The number of alkyl halides is 3. The highest BCUT2D eigenvalue weighted by molar-refractivity contribution is 7.92. The van der Waals surface area contributed by atoms with Crippen molar-refractivity contribution in [1.82, 2.24) is 0 Å². The molecule has 4 nitrogen and oxygen atoms in total. The highest BCUT2D eigenvalue weighted by atomic mass is 35.5. The van der Waals surface area contributed by atoms with Gasteiger partial charge in [-0.25, -0.2) is 17.2 Å². The number of sulfonamides is 1. The van der Waals surface area contributed by atoms with E-state index < -0.39 is 50.9 Å². The van der Waals surface area contributed by atoms with Crippen LogP contribution >= 0.6 is 11.6 Å². The van der Waals surface area contributed by atoms with E-state index in [0.717, 1.165) is 24.3 Å². The number of nitrogens with two attached hydrogens (primary N) is 1. The number of rotatable bonds is 5. The minimum absolute atomic E-state index is 0.153. The molecule has 0 aliphatic rings. The van der Waals surface area contributed by atoms with Gasteiger partial charge < -0.3 is 5.73 Å². The van der Waals surface area contributed by atoms with Crippen molar-refractivity contribution in [1.29, 1.82) is 0 Å². The number of hydrogen-bond donors (Lipinski definition) is 2. The molecule has 11 heteroatoms. The highest BCUT2D eigenvalue weighted by Crippen LogP contribution is 2.37. The van der Waals surface area contributed by atoms with Gasteiger partial charge >= 0.3 is 6.18 Å². The predicted octanol–water partition coefficient (Wildman–Crippen LogP) is 4.08. The van der Waals surface area contributed by atoms with Crippen LogP contribution < -0.4 is 10.5 Å². The van der Waals surface area contributed by atoms with E-state index in [1.807, 2.05) is 0 Å². The van der Waals surface area contributed by atoms with Crippen molar-refractivity contribution in [2.24, 2.45) is 5.73 Å². The number of hydrogen-bond acceptors (Lipinski definition) is 3. The average Bonchev–Trinajstić information content (AvgIpc) is 2.46. The van der Waals surface area contributed by atoms with E-state index in [1.54, 1.807) is 4.72 Å². The lowest BCUT2D eigenvalue weighted by molar-refractivity contribution is -0.136. The van der Waals surface area contributed by atoms with Gasteiger partial charge in [-0.15, -0.1) is 0 Å². The van der Waals surface area contributed by atoms with Crippen LogP contribution in [-0.4, -0.2) is 14.2 Å². The van der Waals surface area contributed by atoms with Gasteiger partial charge in [-0.3, -0.25) is 4.72 Å². The molecule has 1 atom stereocenters. The Morgan fingerprint density at radius 1 is 1.08 bits per heavy atom. The number of benzene rings is 2. The number of nitrogens with one attached hydrogen (secondary N) is 1. The maximum Gasteiger partial charge on any atom is 0.418 e. The Morgan fingerprint density at radius 3 is 2.19 bits per heavy atom. The highest BCUT2D eigenvalue weighted by Gasteiger charge is 2.35. The molecule has 3 N–H and O–H groups in total. The molecule has 0 radical (unpaired) electrons. The first-order valence-corrected chi connectivity index (χ1v) is 8.99. The Balaban J connectivity index is 2.27. The van der Waals surface area contributed by atoms with Crippen molar-refractivity contribution in [3.05, 3.63) is 64.2 Å². The molecule has 142 valence electrons. The van der Waals surface area contributed by atoms with Gasteiger partial charge in [0.1, 0.15) is 11.6 Å². The van der Waals surface area contributed by atoms with Gasteiger partial charge in [0.05, 0.1) is 17.0 Å². The molecular formula is C15H12ClF5N2O2S. The fourth-order valence-corrected chi connectivity index (χ4v) is 3.60. The van der Waals surface area contributed by atoms with Gasteiger partial charge in [0.25, 0.3) is 0 Å². The van der Waals surface area contributed by atoms with Crippen LogP contribution in [0.25, 0.3) is 0 Å². The van der Waals surface area contributed by atoms with Crippen molar-refractivity contribution in [2.75, 3.05) is 10.5 Å². The summed E-state index contributed by atoms with van der Waals surface area (Å²) in [5, 5.41) is -0.229. The van der Waals surface area contributed by atoms with Crippen molar-refractivity contribution in [2.45, 2.75) is 12.2 Å². The summed E-state index contributed by atoms with van der Waals surface area (Å²) < 4.78 is 91.5. The monoisotopic (exact) mass is 414 g/mol. The van der Waals surface area contributed by atoms with Crippen LogP contribution in [0.15, 0.2) is 36.4 Å². The molecule has 2 aromatic carbocycles. The zero-order valence-electron chi connectivity index (χ0n) is 12.8. The Bertz CT molecular complexity index is 898. The molecule has 0 heterocycles. The second-order valence-electron chi connectivity index (χ2n) is 5.38. The van der Waals surface area contributed by atoms with Crippen LogP contribution in [0, 0.1) is 11.6 Å². The van der Waals surface area contributed by atoms with Gasteiger partial charge in [0.15, 0.2) is 0 Å². The lowest BCUT2D eigenvalue weighted by Gasteiger charge is -2.17. The fourth-order valence-electron chi connectivity index (χ4n) is 2.17. The van der Waals surface area contributed by atoms with Crippen LogP contribution in [0.1, 0.15) is 17.2 Å². The van der Waals surface area contributed by atoms with Crippen molar-refractivity contribution < 1.29 is 30.4 Å². The van der Waals surface area contributed by atoms with E-state index in [-0.39, 0.29) is 10.6 Å². The third-order valence-corrected chi connectivity index (χ3v) is 4.83. The zero-order chi connectivity index (χ0) is 19.7. The average molecular weight is 415 g/mol. The molecule has 0 spiro atoms. The largest absolute Gasteiger partial charge is 0.418 e. The van der Waals surface area contributed by atoms with Crippen LogP contribution in [0.4, 0.5) is 27.6 Å². The third-order valence-electron chi connectivity index (χ3n) is 3.26. The molecule has 0 aliphatic carbocycles. The third kappa shape index (κ3) is 5.29. The van der Waals surface area contributed by atoms with Crippen molar-refractivity contribution in [3.8, 4) is 0 Å². The lowest BCUT2D eigenvalue weighted by Crippen LogP contribution is -2.27. The van der Waals surface area contributed by atoms with Crippen molar-refractivity contribution >= 4 is 27.3 Å². The van der Waals surface area contributed by atoms with Gasteiger partial charge in [-0.2, -0.15) is 13.2 Å². The fraction of sp³-hybridized carbons (Fsp3) is 0.200. The zero-order valence-corrected chi connectivity index (χ0v) is 14.4. The first-order valence-electron chi connectivity index (χ1n) is 6.96. The van der Waals surface area contributed by atoms with Gasteiger partial charge in [0, 0.05) is 17.1 Å². The topological polar surface area (TPSA) is 72.2 Å². The molecule has 2 aromatic rings. The van der Waals surface area contributed by atoms with Gasteiger partial charge in [-0.05, 0) is 35.9 Å². The minimum atomic E-state index is -4.85. The summed E-state index contributed by atoms with van der Waals surface area (Å²) in [5.74, 6) is -2.81. The van der Waals surface area contributed by atoms with E-state index in [9.17, 15) is 30.4 Å². The van der Waals surface area contributed by atoms with Crippen LogP contribution in [0.3, 0.4) is 0 Å². The van der Waals surface area contributed by atoms with Gasteiger partial charge in [-0.1, -0.05) is 11.6 Å². The molecule has 2 rings (SSSR count). The first-order chi connectivity index (χ1) is 11.9. The molecule has 26 heavy (non-hydrogen) atoms. The molecule has 0 amide bonds. The minimum Gasteiger partial charge on any atom is -0.323 e. The molecule has 0 saturated heterocycles. The molecule has 0 aliphatic heterocycles. The standard InChI is InChI=1S/C15H12ClF5N2O2S/c16-9-1-2-14(12(5-9)15(19,20)21)23-26(24,25)7-13(22)8-3-10(17)6-11(18)4-8/h1-6,13,23H,7,22H2. The molecule has 1 unspecified atom stereocenters. The summed E-state index contributed by atoms with van der Waals surface area (Å²) in [7, 11) is -4.37. The summed E-state index contributed by atoms with van der Waals surface area (Å²) in [4.78, 5) is 0. The molecule has 0 bridgehead atoms. The van der Waals surface area contributed by atoms with Crippen LogP contribution in [0.5, 0.6) is 0 Å². The molecular weight excluding hydrogens is 403 g/mol. The van der Waals surface area contributed by atoms with E-state index in [0.29, 0.717) is 12.1 Å². The SMILES string of the molecule is NC(CS(=O)(=O)Nc1ccc(Cl)cc1C(F)(F)F)c1cc(F)cc(F)c1. The normalized spacial score (nSPS) is 13.5. The smallest absolute Gasteiger partial charge is 0.323 e. The lowest BCUT2D eigenvalue weighted by atomic mass is 10.1. The summed E-state index contributed by atoms with van der Waals surface area (Å²) >= 11 is 5.52. The maximum absolute atomic E-state index is 13.2. The Morgan fingerprint density at radius 2 is 1.65 bits per heavy atom. The van der Waals surface area contributed by atoms with E-state index in [2.05, 4.69) is 0 Å². The second kappa shape index (κ2) is 7.37. The first kappa shape index (κ1) is 20.4. The summed E-state index contributed by atoms with van der Waals surface area (Å²) in [5.41, 5.74) is 3.46. The summed E-state index contributed by atoms with van der Waals surface area (Å²) in [6, 6.07) is 3.40. The second-order valence-corrected chi connectivity index (χ2v) is 7.58. The number of halogens is 6. The van der Waals surface area contributed by atoms with Crippen LogP contribution in [0.2, 0.25) is 5.02 Å². The van der Waals surface area contributed by atoms with Crippen molar-refractivity contribution in [3.63, 3.8) is 0 Å². The van der Waals surface area contributed by atoms with E-state index in [4.69, 9.17) is 17.3 Å². The van der Waals surface area contributed by atoms with E-state index >= 15 is 0 Å². The Labute approximate surface area is 150 Å². The molecule has 0 saturated carbocycles. The Hall–Kier alpha value is -1.91. The van der Waals surface area contributed by atoms with Crippen LogP contribution in [-0.2, 0) is 16.2 Å². The van der Waals surface area contributed by atoms with E-state index in [1.165, 1.54) is 0 Å². The molecule has 0 fully saturated rings. The quantitative estimate of drug-likeness (QED) is 0.724. The Kier molecular flexibility index (Phi) is 5.79. The maximum atomic E-state index is 13.2. The number of anilines is 1. The van der Waals surface area contributed by atoms with Gasteiger partial charge in [0.2, 0.25) is 10.0 Å². The molecule has 0 aromatic heterocycles. The summed E-state index contributed by atoms with van der Waals surface area (Å²) in [6.45, 7) is 0. The predicted molar refractivity (Wildman–Crippen MR) is 87.1 cm³/mol.